The summed E-state index contributed by atoms with van der Waals surface area (Å²) in [5.74, 6) is -2.63. The monoisotopic (exact) mass is 497 g/mol. The molecule has 0 radical (unpaired) electrons. The molecule has 1 saturated heterocycles. The first-order valence-electron chi connectivity index (χ1n) is 10.2. The van der Waals surface area contributed by atoms with E-state index in [0.29, 0.717) is 12.8 Å². The van der Waals surface area contributed by atoms with Crippen LogP contribution in [0.2, 0.25) is 0 Å². The minimum atomic E-state index is -1.05. The minimum absolute atomic E-state index is 0.0466. The fraction of sp³-hybridized carbons (Fsp3) is 0.261. The van der Waals surface area contributed by atoms with E-state index < -0.39 is 29.7 Å². The summed E-state index contributed by atoms with van der Waals surface area (Å²) >= 11 is 3.49. The van der Waals surface area contributed by atoms with Gasteiger partial charge in [-0.2, -0.15) is 0 Å². The highest BCUT2D eigenvalue weighted by Gasteiger charge is 2.45. The van der Waals surface area contributed by atoms with Crippen LogP contribution in [0.4, 0.5) is 5.69 Å². The lowest BCUT2D eigenvalue weighted by Crippen LogP contribution is -2.54. The Kier molecular flexibility index (Phi) is 6.18. The van der Waals surface area contributed by atoms with Crippen LogP contribution in [0.5, 0.6) is 0 Å². The van der Waals surface area contributed by atoms with Crippen molar-refractivity contribution in [2.45, 2.75) is 38.1 Å². The van der Waals surface area contributed by atoms with Gasteiger partial charge in [-0.15, -0.1) is 0 Å². The number of hydrogen-bond donors (Lipinski definition) is 2. The average Bonchev–Trinajstić information content (AvgIpc) is 3.01. The topological polar surface area (TPSA) is 113 Å². The molecular weight excluding hydrogens is 478 g/mol. The van der Waals surface area contributed by atoms with Gasteiger partial charge in [-0.3, -0.25) is 34.2 Å². The first kappa shape index (κ1) is 21.9. The summed E-state index contributed by atoms with van der Waals surface area (Å²) < 4.78 is 0.985. The Hall–Kier alpha value is -3.33. The van der Waals surface area contributed by atoms with Gasteiger partial charge in [-0.25, -0.2) is 0 Å². The predicted molar refractivity (Wildman–Crippen MR) is 119 cm³/mol. The molecule has 9 heteroatoms. The number of imide groups is 2. The molecule has 164 valence electrons. The third-order valence-corrected chi connectivity index (χ3v) is 6.32. The molecule has 0 aromatic heterocycles. The van der Waals surface area contributed by atoms with Gasteiger partial charge in [-0.1, -0.05) is 40.2 Å². The van der Waals surface area contributed by atoms with E-state index in [1.165, 1.54) is 6.07 Å². The van der Waals surface area contributed by atoms with Crippen molar-refractivity contribution in [2.75, 3.05) is 5.32 Å². The van der Waals surface area contributed by atoms with Crippen LogP contribution in [0.1, 0.15) is 52.0 Å². The molecule has 4 rings (SSSR count). The van der Waals surface area contributed by atoms with Crippen molar-refractivity contribution < 1.29 is 24.0 Å². The number of carbonyl (C=O) groups excluding carboxylic acids is 5. The quantitative estimate of drug-likeness (QED) is 0.595. The van der Waals surface area contributed by atoms with Crippen LogP contribution >= 0.6 is 15.9 Å². The van der Waals surface area contributed by atoms with Gasteiger partial charge in [0.05, 0.1) is 16.8 Å². The lowest BCUT2D eigenvalue weighted by Gasteiger charge is -2.27. The van der Waals surface area contributed by atoms with Gasteiger partial charge in [0.2, 0.25) is 17.7 Å². The minimum Gasteiger partial charge on any atom is -0.325 e. The number of halogens is 1. The van der Waals surface area contributed by atoms with Gasteiger partial charge in [0.15, 0.2) is 0 Å². The SMILES string of the molecule is O=C1CCC(N2C(=O)c3cccc(NC(=O)CCCc4ccccc4Br)c3C2=O)C(=O)N1. The number of benzene rings is 2. The van der Waals surface area contributed by atoms with E-state index in [2.05, 4.69) is 26.6 Å². The van der Waals surface area contributed by atoms with E-state index in [0.717, 1.165) is 14.9 Å². The zero-order valence-corrected chi connectivity index (χ0v) is 18.6. The lowest BCUT2D eigenvalue weighted by atomic mass is 10.0. The van der Waals surface area contributed by atoms with E-state index in [1.807, 2.05) is 24.3 Å². The van der Waals surface area contributed by atoms with Crippen molar-refractivity contribution in [2.24, 2.45) is 0 Å². The molecule has 8 nitrogen and oxygen atoms in total. The van der Waals surface area contributed by atoms with Gasteiger partial charge in [0.25, 0.3) is 11.8 Å². The molecule has 32 heavy (non-hydrogen) atoms. The van der Waals surface area contributed by atoms with E-state index in [9.17, 15) is 24.0 Å². The Morgan fingerprint density at radius 2 is 1.84 bits per heavy atom. The molecule has 2 aromatic carbocycles. The van der Waals surface area contributed by atoms with Crippen molar-refractivity contribution in [1.82, 2.24) is 10.2 Å². The number of aryl methyl sites for hydroxylation is 1. The third-order valence-electron chi connectivity index (χ3n) is 5.55. The molecule has 2 N–H and O–H groups in total. The van der Waals surface area contributed by atoms with Crippen molar-refractivity contribution >= 4 is 51.2 Å². The summed E-state index contributed by atoms with van der Waals surface area (Å²) in [6.45, 7) is 0. The molecule has 0 bridgehead atoms. The second-order valence-corrected chi connectivity index (χ2v) is 8.52. The van der Waals surface area contributed by atoms with Crippen LogP contribution in [-0.4, -0.2) is 40.5 Å². The van der Waals surface area contributed by atoms with Gasteiger partial charge in [0, 0.05) is 17.3 Å². The molecule has 1 fully saturated rings. The van der Waals surface area contributed by atoms with Gasteiger partial charge in [0.1, 0.15) is 6.04 Å². The number of rotatable bonds is 6. The highest BCUT2D eigenvalue weighted by Crippen LogP contribution is 2.32. The summed E-state index contributed by atoms with van der Waals surface area (Å²) in [4.78, 5) is 62.9. The molecule has 1 unspecified atom stereocenters. The Bertz CT molecular complexity index is 1150. The molecule has 0 aliphatic carbocycles. The van der Waals surface area contributed by atoms with Gasteiger partial charge in [-0.05, 0) is 43.0 Å². The van der Waals surface area contributed by atoms with Crippen LogP contribution in [-0.2, 0) is 20.8 Å². The number of anilines is 1. The maximum Gasteiger partial charge on any atom is 0.264 e. The number of fused-ring (bicyclic) bond motifs is 1. The molecule has 0 spiro atoms. The summed E-state index contributed by atoms with van der Waals surface area (Å²) in [6, 6.07) is 11.4. The summed E-state index contributed by atoms with van der Waals surface area (Å²) in [5, 5.41) is 4.90. The van der Waals surface area contributed by atoms with Gasteiger partial charge < -0.3 is 5.32 Å². The Morgan fingerprint density at radius 1 is 1.06 bits per heavy atom. The zero-order valence-electron chi connectivity index (χ0n) is 17.0. The summed E-state index contributed by atoms with van der Waals surface area (Å²) in [6.07, 6.45) is 1.68. The van der Waals surface area contributed by atoms with Crippen molar-refractivity contribution in [3.8, 4) is 0 Å². The molecule has 2 aliphatic heterocycles. The number of nitrogens with one attached hydrogen (secondary N) is 2. The highest BCUT2D eigenvalue weighted by molar-refractivity contribution is 9.10. The predicted octanol–water partition coefficient (Wildman–Crippen LogP) is 2.81. The highest BCUT2D eigenvalue weighted by atomic mass is 79.9. The number of piperidine rings is 1. The van der Waals surface area contributed by atoms with Crippen LogP contribution in [0, 0.1) is 0 Å². The first-order chi connectivity index (χ1) is 15.4. The summed E-state index contributed by atoms with van der Waals surface area (Å²) in [5.41, 5.74) is 1.54. The molecule has 5 amide bonds. The largest absolute Gasteiger partial charge is 0.325 e. The van der Waals surface area contributed by atoms with Crippen LogP contribution in [0.15, 0.2) is 46.9 Å². The third kappa shape index (κ3) is 4.20. The molecule has 2 aromatic rings. The second kappa shape index (κ2) is 9.04. The van der Waals surface area contributed by atoms with Crippen molar-refractivity contribution in [3.63, 3.8) is 0 Å². The van der Waals surface area contributed by atoms with Crippen molar-refractivity contribution in [1.29, 1.82) is 0 Å². The van der Waals surface area contributed by atoms with Crippen LogP contribution < -0.4 is 10.6 Å². The van der Waals surface area contributed by atoms with E-state index in [4.69, 9.17) is 0 Å². The molecule has 2 heterocycles. The smallest absolute Gasteiger partial charge is 0.264 e. The molecule has 0 saturated carbocycles. The second-order valence-electron chi connectivity index (χ2n) is 7.67. The molecule has 2 aliphatic rings. The maximum absolute atomic E-state index is 13.1. The van der Waals surface area contributed by atoms with Crippen LogP contribution in [0.3, 0.4) is 0 Å². The number of amides is 5. The summed E-state index contributed by atoms with van der Waals surface area (Å²) in [7, 11) is 0. The Labute approximate surface area is 192 Å². The Morgan fingerprint density at radius 3 is 2.59 bits per heavy atom. The number of carbonyl (C=O) groups is 5. The van der Waals surface area contributed by atoms with Crippen molar-refractivity contribution in [3.05, 3.63) is 63.6 Å². The maximum atomic E-state index is 13.1. The van der Waals surface area contributed by atoms with E-state index >= 15 is 0 Å². The lowest BCUT2D eigenvalue weighted by molar-refractivity contribution is -0.136. The molecule has 1 atom stereocenters. The average molecular weight is 498 g/mol. The van der Waals surface area contributed by atoms with E-state index in [1.54, 1.807) is 12.1 Å². The van der Waals surface area contributed by atoms with Crippen LogP contribution in [0.25, 0.3) is 0 Å². The molecular formula is C23H20BrN3O5. The number of hydrogen-bond acceptors (Lipinski definition) is 5. The van der Waals surface area contributed by atoms with E-state index in [-0.39, 0.29) is 42.0 Å². The normalized spacial score (nSPS) is 17.9. The van der Waals surface area contributed by atoms with Gasteiger partial charge >= 0.3 is 0 Å². The Balaban J connectivity index is 1.46. The number of nitrogens with zero attached hydrogens (tertiary/aromatic N) is 1. The first-order valence-corrected chi connectivity index (χ1v) is 11.0. The fourth-order valence-electron chi connectivity index (χ4n) is 3.97. The zero-order chi connectivity index (χ0) is 22.8. The standard InChI is InChI=1S/C23H20BrN3O5/c24-15-8-2-1-5-13(15)6-3-10-18(28)25-16-9-4-7-14-20(16)23(32)27(22(14)31)17-11-12-19(29)26-21(17)30/h1-2,4-5,7-9,17H,3,6,10-12H2,(H,25,28)(H,26,29,30). The fourth-order valence-corrected chi connectivity index (χ4v) is 4.46.